The van der Waals surface area contributed by atoms with Crippen molar-refractivity contribution in [1.82, 2.24) is 15.2 Å². The van der Waals surface area contributed by atoms with Crippen LogP contribution in [0, 0.1) is 6.92 Å². The summed E-state index contributed by atoms with van der Waals surface area (Å²) >= 11 is 0. The van der Waals surface area contributed by atoms with Crippen LogP contribution in [0.3, 0.4) is 0 Å². The predicted molar refractivity (Wildman–Crippen MR) is 113 cm³/mol. The number of rotatable bonds is 6. The van der Waals surface area contributed by atoms with Crippen LogP contribution in [-0.2, 0) is 4.74 Å². The minimum Gasteiger partial charge on any atom is -0.497 e. The lowest BCUT2D eigenvalue weighted by Gasteiger charge is -2.12. The number of hydrogen-bond donors (Lipinski definition) is 0. The summed E-state index contributed by atoms with van der Waals surface area (Å²) in [7, 11) is 3.19. The van der Waals surface area contributed by atoms with Gasteiger partial charge in [0.2, 0.25) is 5.89 Å². The second kappa shape index (κ2) is 8.43. The average molecular weight is 419 g/mol. The molecule has 0 saturated carbocycles. The lowest BCUT2D eigenvalue weighted by Crippen LogP contribution is -2.12. The Kier molecular flexibility index (Phi) is 5.53. The molecule has 158 valence electrons. The van der Waals surface area contributed by atoms with Crippen molar-refractivity contribution >= 4 is 16.9 Å². The van der Waals surface area contributed by atoms with Gasteiger partial charge in [0.15, 0.2) is 6.10 Å². The van der Waals surface area contributed by atoms with E-state index in [1.807, 2.05) is 30.3 Å². The molecule has 0 N–H and O–H groups in total. The molecule has 0 fully saturated rings. The zero-order valence-electron chi connectivity index (χ0n) is 17.6. The molecule has 2 heterocycles. The fourth-order valence-corrected chi connectivity index (χ4v) is 3.10. The van der Waals surface area contributed by atoms with E-state index in [4.69, 9.17) is 18.6 Å². The molecule has 4 aromatic rings. The fourth-order valence-electron chi connectivity index (χ4n) is 3.10. The minimum atomic E-state index is -0.724. The van der Waals surface area contributed by atoms with Crippen molar-refractivity contribution in [3.05, 3.63) is 65.7 Å². The number of aromatic nitrogens is 3. The maximum absolute atomic E-state index is 12.8. The number of nitrogens with zero attached hydrogens (tertiary/aromatic N) is 3. The Morgan fingerprint density at radius 1 is 0.968 bits per heavy atom. The molecule has 2 aromatic heterocycles. The third kappa shape index (κ3) is 4.18. The molecule has 2 aromatic carbocycles. The number of esters is 1. The Morgan fingerprint density at radius 3 is 2.39 bits per heavy atom. The van der Waals surface area contributed by atoms with Crippen molar-refractivity contribution in [2.45, 2.75) is 20.0 Å². The summed E-state index contributed by atoms with van der Waals surface area (Å²) in [5, 5.41) is 8.87. The first-order valence-corrected chi connectivity index (χ1v) is 9.62. The quantitative estimate of drug-likeness (QED) is 0.421. The van der Waals surface area contributed by atoms with E-state index >= 15 is 0 Å². The second-order valence-corrected chi connectivity index (χ2v) is 6.90. The van der Waals surface area contributed by atoms with Crippen molar-refractivity contribution in [2.75, 3.05) is 14.2 Å². The summed E-state index contributed by atoms with van der Waals surface area (Å²) in [4.78, 5) is 17.3. The summed E-state index contributed by atoms with van der Waals surface area (Å²) < 4.78 is 21.6. The van der Waals surface area contributed by atoms with E-state index in [0.29, 0.717) is 22.9 Å². The highest BCUT2D eigenvalue weighted by atomic mass is 16.6. The van der Waals surface area contributed by atoms with Crippen LogP contribution in [0.25, 0.3) is 22.4 Å². The Bertz CT molecular complexity index is 1230. The molecule has 4 rings (SSSR count). The molecule has 0 radical (unpaired) electrons. The number of benzene rings is 2. The summed E-state index contributed by atoms with van der Waals surface area (Å²) in [6.45, 7) is 3.44. The molecule has 0 bridgehead atoms. The molecule has 0 aliphatic rings. The van der Waals surface area contributed by atoms with Crippen LogP contribution in [0.15, 0.2) is 52.9 Å². The Morgan fingerprint density at radius 2 is 1.68 bits per heavy atom. The lowest BCUT2D eigenvalue weighted by molar-refractivity contribution is 0.0278. The van der Waals surface area contributed by atoms with Crippen LogP contribution < -0.4 is 9.47 Å². The number of carbonyl (C=O) groups is 1. The van der Waals surface area contributed by atoms with Crippen LogP contribution in [0.4, 0.5) is 0 Å². The van der Waals surface area contributed by atoms with E-state index in [2.05, 4.69) is 15.2 Å². The number of pyridine rings is 1. The van der Waals surface area contributed by atoms with E-state index in [0.717, 1.165) is 22.2 Å². The summed E-state index contributed by atoms with van der Waals surface area (Å²) in [6.07, 6.45) is -0.724. The van der Waals surface area contributed by atoms with Gasteiger partial charge in [-0.25, -0.2) is 4.79 Å². The number of methoxy groups -OCH3 is 2. The maximum Gasteiger partial charge on any atom is 0.340 e. The summed E-state index contributed by atoms with van der Waals surface area (Å²) in [5.74, 6) is 1.45. The molecule has 0 unspecified atom stereocenters. The third-order valence-corrected chi connectivity index (χ3v) is 4.84. The van der Waals surface area contributed by atoms with Crippen LogP contribution in [0.2, 0.25) is 0 Å². The first-order chi connectivity index (χ1) is 15.0. The summed E-state index contributed by atoms with van der Waals surface area (Å²) in [6, 6.07) is 14.5. The van der Waals surface area contributed by atoms with Gasteiger partial charge in [-0.3, -0.25) is 4.98 Å². The third-order valence-electron chi connectivity index (χ3n) is 4.84. The molecular formula is C23H21N3O5. The Labute approximate surface area is 178 Å². The van der Waals surface area contributed by atoms with Gasteiger partial charge in [0.25, 0.3) is 5.89 Å². The molecule has 31 heavy (non-hydrogen) atoms. The topological polar surface area (TPSA) is 96.6 Å². The van der Waals surface area contributed by atoms with Crippen LogP contribution in [-0.4, -0.2) is 35.4 Å². The van der Waals surface area contributed by atoms with Crippen molar-refractivity contribution in [2.24, 2.45) is 0 Å². The highest BCUT2D eigenvalue weighted by molar-refractivity contribution is 5.95. The van der Waals surface area contributed by atoms with Gasteiger partial charge in [0, 0.05) is 17.0 Å². The van der Waals surface area contributed by atoms with Crippen molar-refractivity contribution in [3.63, 3.8) is 0 Å². The van der Waals surface area contributed by atoms with E-state index in [1.54, 1.807) is 46.3 Å². The monoisotopic (exact) mass is 419 g/mol. The Hall–Kier alpha value is -3.94. The molecule has 8 heteroatoms. The smallest absolute Gasteiger partial charge is 0.340 e. The zero-order valence-corrected chi connectivity index (χ0v) is 17.6. The van der Waals surface area contributed by atoms with Gasteiger partial charge >= 0.3 is 5.97 Å². The average Bonchev–Trinajstić information content (AvgIpc) is 3.28. The van der Waals surface area contributed by atoms with Crippen LogP contribution in [0.1, 0.15) is 35.0 Å². The number of ether oxygens (including phenoxy) is 3. The van der Waals surface area contributed by atoms with Gasteiger partial charge in [-0.1, -0.05) is 0 Å². The molecule has 0 spiro atoms. The molecule has 0 saturated heterocycles. The first-order valence-electron chi connectivity index (χ1n) is 9.62. The van der Waals surface area contributed by atoms with E-state index in [-0.39, 0.29) is 5.89 Å². The predicted octanol–water partition coefficient (Wildman–Crippen LogP) is 4.53. The van der Waals surface area contributed by atoms with E-state index in [9.17, 15) is 4.79 Å². The van der Waals surface area contributed by atoms with Crippen LogP contribution in [0.5, 0.6) is 11.5 Å². The zero-order chi connectivity index (χ0) is 22.0. The van der Waals surface area contributed by atoms with Gasteiger partial charge < -0.3 is 18.6 Å². The minimum absolute atomic E-state index is 0.204. The Balaban J connectivity index is 1.52. The van der Waals surface area contributed by atoms with Gasteiger partial charge in [-0.2, -0.15) is 0 Å². The number of aryl methyl sites for hydroxylation is 1. The molecular weight excluding hydrogens is 398 g/mol. The van der Waals surface area contributed by atoms with Crippen molar-refractivity contribution in [1.29, 1.82) is 0 Å². The SMILES string of the molecule is COc1ccc(-c2nnc([C@H](C)OC(=O)c3cc4ccc(OC)cc4nc3C)o2)cc1. The molecule has 8 nitrogen and oxygen atoms in total. The number of carbonyl (C=O) groups excluding carboxylic acids is 1. The van der Waals surface area contributed by atoms with Crippen molar-refractivity contribution in [3.8, 4) is 23.0 Å². The van der Waals surface area contributed by atoms with Gasteiger partial charge in [0.1, 0.15) is 11.5 Å². The van der Waals surface area contributed by atoms with Crippen molar-refractivity contribution < 1.29 is 23.4 Å². The fraction of sp³-hybridized carbons (Fsp3) is 0.217. The largest absolute Gasteiger partial charge is 0.497 e. The number of fused-ring (bicyclic) bond motifs is 1. The van der Waals surface area contributed by atoms with Crippen LogP contribution >= 0.6 is 0 Å². The normalized spacial score (nSPS) is 11.9. The molecule has 0 amide bonds. The number of hydrogen-bond acceptors (Lipinski definition) is 8. The lowest BCUT2D eigenvalue weighted by atomic mass is 10.1. The molecule has 1 atom stereocenters. The van der Waals surface area contributed by atoms with Gasteiger partial charge in [-0.05, 0) is 56.3 Å². The first kappa shape index (κ1) is 20.3. The maximum atomic E-state index is 12.8. The van der Waals surface area contributed by atoms with E-state index in [1.165, 1.54) is 0 Å². The highest BCUT2D eigenvalue weighted by Crippen LogP contribution is 2.26. The van der Waals surface area contributed by atoms with Gasteiger partial charge in [-0.15, -0.1) is 10.2 Å². The summed E-state index contributed by atoms with van der Waals surface area (Å²) in [5.41, 5.74) is 2.41. The molecule has 0 aliphatic heterocycles. The highest BCUT2D eigenvalue weighted by Gasteiger charge is 2.22. The standard InChI is InChI=1S/C23H21N3O5/c1-13-19(11-16-7-10-18(29-4)12-20(16)24-13)23(27)30-14(2)21-25-26-22(31-21)15-5-8-17(28-3)9-6-15/h5-12,14H,1-4H3/t14-/m0/s1. The van der Waals surface area contributed by atoms with Gasteiger partial charge in [0.05, 0.1) is 31.0 Å². The van der Waals surface area contributed by atoms with E-state index < -0.39 is 12.1 Å². The second-order valence-electron chi connectivity index (χ2n) is 6.90. The molecule has 0 aliphatic carbocycles.